The highest BCUT2D eigenvalue weighted by Crippen LogP contribution is 2.36. The molecule has 1 N–H and O–H groups in total. The molecular formula is C22H32N2O3. The van der Waals surface area contributed by atoms with E-state index in [9.17, 15) is 9.59 Å². The molecule has 2 fully saturated rings. The predicted octanol–water partition coefficient (Wildman–Crippen LogP) is 3.94. The minimum absolute atomic E-state index is 0.141. The van der Waals surface area contributed by atoms with Crippen LogP contribution in [0.1, 0.15) is 56.9 Å². The molecule has 1 aliphatic carbocycles. The fourth-order valence-corrected chi connectivity index (χ4v) is 4.59. The first-order chi connectivity index (χ1) is 13.1. The molecule has 1 unspecified atom stereocenters. The first kappa shape index (κ1) is 19.7. The van der Waals surface area contributed by atoms with E-state index in [-0.39, 0.29) is 24.0 Å². The highest BCUT2D eigenvalue weighted by Gasteiger charge is 2.31. The number of likely N-dealkylation sites (tertiary alicyclic amines) is 1. The molecular weight excluding hydrogens is 340 g/mol. The van der Waals surface area contributed by atoms with Gasteiger partial charge in [-0.1, -0.05) is 30.3 Å². The molecule has 0 radical (unpaired) electrons. The molecule has 1 saturated heterocycles. The number of rotatable bonds is 4. The van der Waals surface area contributed by atoms with Gasteiger partial charge in [0.1, 0.15) is 0 Å². The number of benzene rings is 1. The predicted molar refractivity (Wildman–Crippen MR) is 105 cm³/mol. The van der Waals surface area contributed by atoms with Gasteiger partial charge in [-0.3, -0.25) is 4.79 Å². The zero-order chi connectivity index (χ0) is 19.2. The molecule has 27 heavy (non-hydrogen) atoms. The van der Waals surface area contributed by atoms with Crippen molar-refractivity contribution < 1.29 is 14.3 Å². The van der Waals surface area contributed by atoms with Crippen LogP contribution in [0.15, 0.2) is 30.3 Å². The normalized spacial score (nSPS) is 24.9. The van der Waals surface area contributed by atoms with Gasteiger partial charge < -0.3 is 15.0 Å². The number of hydrogen-bond donors (Lipinski definition) is 1. The van der Waals surface area contributed by atoms with E-state index < -0.39 is 0 Å². The molecule has 0 spiro atoms. The van der Waals surface area contributed by atoms with Crippen molar-refractivity contribution in [2.75, 3.05) is 20.2 Å². The Hall–Kier alpha value is -2.04. The van der Waals surface area contributed by atoms with Crippen LogP contribution in [0.2, 0.25) is 0 Å². The van der Waals surface area contributed by atoms with Gasteiger partial charge in [-0.15, -0.1) is 0 Å². The zero-order valence-electron chi connectivity index (χ0n) is 16.5. The number of piperidine rings is 1. The van der Waals surface area contributed by atoms with Crippen LogP contribution in [0.5, 0.6) is 0 Å². The first-order valence-electron chi connectivity index (χ1n) is 10.3. The van der Waals surface area contributed by atoms with Crippen molar-refractivity contribution >= 4 is 12.0 Å². The number of hydrogen-bond acceptors (Lipinski definition) is 3. The van der Waals surface area contributed by atoms with Gasteiger partial charge in [0.15, 0.2) is 0 Å². The van der Waals surface area contributed by atoms with Gasteiger partial charge in [0, 0.05) is 25.0 Å². The summed E-state index contributed by atoms with van der Waals surface area (Å²) in [5, 5.41) is 3.26. The Morgan fingerprint density at radius 1 is 1.04 bits per heavy atom. The smallest absolute Gasteiger partial charge is 0.409 e. The molecule has 148 valence electrons. The SMILES string of the molecule is COC(=O)N1CCC(C(C)NC(=O)C2CCC(c3ccccc3)CC2)CC1. The monoisotopic (exact) mass is 372 g/mol. The van der Waals surface area contributed by atoms with Crippen molar-refractivity contribution in [2.45, 2.75) is 57.4 Å². The second-order valence-corrected chi connectivity index (χ2v) is 8.05. The third-order valence-corrected chi connectivity index (χ3v) is 6.42. The van der Waals surface area contributed by atoms with Crippen LogP contribution in [0.3, 0.4) is 0 Å². The first-order valence-corrected chi connectivity index (χ1v) is 10.3. The van der Waals surface area contributed by atoms with Gasteiger partial charge in [-0.05, 0) is 62.8 Å². The van der Waals surface area contributed by atoms with Crippen LogP contribution < -0.4 is 5.32 Å². The molecule has 1 aromatic rings. The number of methoxy groups -OCH3 is 1. The average Bonchev–Trinajstić information content (AvgIpc) is 2.74. The molecule has 0 bridgehead atoms. The highest BCUT2D eigenvalue weighted by atomic mass is 16.5. The molecule has 1 atom stereocenters. The van der Waals surface area contributed by atoms with Crippen molar-refractivity contribution in [3.05, 3.63) is 35.9 Å². The van der Waals surface area contributed by atoms with Gasteiger partial charge in [0.05, 0.1) is 7.11 Å². The molecule has 1 saturated carbocycles. The standard InChI is InChI=1S/C22H32N2O3/c1-16(17-12-14-24(15-13-17)22(26)27-2)23-21(25)20-10-8-19(9-11-20)18-6-4-3-5-7-18/h3-7,16-17,19-20H,8-15H2,1-2H3,(H,23,25). The summed E-state index contributed by atoms with van der Waals surface area (Å²) in [7, 11) is 1.42. The van der Waals surface area contributed by atoms with E-state index >= 15 is 0 Å². The van der Waals surface area contributed by atoms with E-state index in [4.69, 9.17) is 4.74 Å². The van der Waals surface area contributed by atoms with Crippen LogP contribution in [-0.2, 0) is 9.53 Å². The Kier molecular flexibility index (Phi) is 6.75. The average molecular weight is 373 g/mol. The number of amides is 2. The van der Waals surface area contributed by atoms with E-state index in [1.54, 1.807) is 4.90 Å². The van der Waals surface area contributed by atoms with Crippen LogP contribution in [-0.4, -0.2) is 43.1 Å². The zero-order valence-corrected chi connectivity index (χ0v) is 16.5. The van der Waals surface area contributed by atoms with E-state index in [2.05, 4.69) is 42.6 Å². The number of carbonyl (C=O) groups is 2. The Bertz CT molecular complexity index is 618. The second-order valence-electron chi connectivity index (χ2n) is 8.05. The van der Waals surface area contributed by atoms with Crippen molar-refractivity contribution in [3.63, 3.8) is 0 Å². The Morgan fingerprint density at radius 3 is 2.26 bits per heavy atom. The van der Waals surface area contributed by atoms with E-state index in [0.29, 0.717) is 24.9 Å². The highest BCUT2D eigenvalue weighted by molar-refractivity contribution is 5.79. The van der Waals surface area contributed by atoms with E-state index in [1.807, 2.05) is 0 Å². The fraction of sp³-hybridized carbons (Fsp3) is 0.636. The topological polar surface area (TPSA) is 58.6 Å². The molecule has 1 heterocycles. The van der Waals surface area contributed by atoms with Crippen LogP contribution in [0, 0.1) is 11.8 Å². The summed E-state index contributed by atoms with van der Waals surface area (Å²) >= 11 is 0. The van der Waals surface area contributed by atoms with Crippen molar-refractivity contribution in [1.82, 2.24) is 10.2 Å². The van der Waals surface area contributed by atoms with E-state index in [0.717, 1.165) is 38.5 Å². The van der Waals surface area contributed by atoms with Crippen molar-refractivity contribution in [2.24, 2.45) is 11.8 Å². The third kappa shape index (κ3) is 5.02. The lowest BCUT2D eigenvalue weighted by atomic mass is 9.78. The quantitative estimate of drug-likeness (QED) is 0.871. The molecule has 3 rings (SSSR count). The largest absolute Gasteiger partial charge is 0.453 e. The number of nitrogens with one attached hydrogen (secondary N) is 1. The molecule has 1 aliphatic heterocycles. The van der Waals surface area contributed by atoms with Gasteiger partial charge in [0.25, 0.3) is 0 Å². The molecule has 1 aromatic carbocycles. The fourth-order valence-electron chi connectivity index (χ4n) is 4.59. The van der Waals surface area contributed by atoms with Crippen LogP contribution >= 0.6 is 0 Å². The number of nitrogens with zero attached hydrogens (tertiary/aromatic N) is 1. The summed E-state index contributed by atoms with van der Waals surface area (Å²) < 4.78 is 4.79. The summed E-state index contributed by atoms with van der Waals surface area (Å²) in [6.07, 6.45) is 5.70. The lowest BCUT2D eigenvalue weighted by molar-refractivity contribution is -0.127. The molecule has 5 heteroatoms. The number of ether oxygens (including phenoxy) is 1. The maximum Gasteiger partial charge on any atom is 0.409 e. The lowest BCUT2D eigenvalue weighted by Gasteiger charge is -2.35. The van der Waals surface area contributed by atoms with Crippen LogP contribution in [0.25, 0.3) is 0 Å². The van der Waals surface area contributed by atoms with E-state index in [1.165, 1.54) is 12.7 Å². The third-order valence-electron chi connectivity index (χ3n) is 6.42. The van der Waals surface area contributed by atoms with Crippen molar-refractivity contribution in [1.29, 1.82) is 0 Å². The van der Waals surface area contributed by atoms with Gasteiger partial charge in [-0.2, -0.15) is 0 Å². The molecule has 5 nitrogen and oxygen atoms in total. The minimum atomic E-state index is -0.250. The Labute approximate surface area is 162 Å². The maximum atomic E-state index is 12.7. The molecule has 2 amide bonds. The summed E-state index contributed by atoms with van der Waals surface area (Å²) in [4.78, 5) is 26.1. The molecule has 0 aromatic heterocycles. The summed E-state index contributed by atoms with van der Waals surface area (Å²) in [5.74, 6) is 1.37. The van der Waals surface area contributed by atoms with Crippen molar-refractivity contribution in [3.8, 4) is 0 Å². The van der Waals surface area contributed by atoms with Gasteiger partial charge >= 0.3 is 6.09 Å². The summed E-state index contributed by atoms with van der Waals surface area (Å²) in [5.41, 5.74) is 1.40. The molecule has 2 aliphatic rings. The van der Waals surface area contributed by atoms with Crippen LogP contribution in [0.4, 0.5) is 4.79 Å². The summed E-state index contributed by atoms with van der Waals surface area (Å²) in [6.45, 7) is 3.52. The Balaban J connectivity index is 1.42. The Morgan fingerprint density at radius 2 is 1.67 bits per heavy atom. The van der Waals surface area contributed by atoms with Gasteiger partial charge in [0.2, 0.25) is 5.91 Å². The summed E-state index contributed by atoms with van der Waals surface area (Å²) in [6, 6.07) is 10.8. The van der Waals surface area contributed by atoms with Gasteiger partial charge in [-0.25, -0.2) is 4.79 Å². The number of carbonyl (C=O) groups excluding carboxylic acids is 2. The minimum Gasteiger partial charge on any atom is -0.453 e. The lowest BCUT2D eigenvalue weighted by Crippen LogP contribution is -2.47. The second kappa shape index (κ2) is 9.25. The maximum absolute atomic E-state index is 12.7.